The van der Waals surface area contributed by atoms with Crippen molar-refractivity contribution in [1.29, 1.82) is 0 Å². The molecule has 0 amide bonds. The van der Waals surface area contributed by atoms with E-state index in [1.807, 2.05) is 32.1 Å². The molecule has 13 heavy (non-hydrogen) atoms. The molecule has 1 rings (SSSR count). The van der Waals surface area contributed by atoms with E-state index in [2.05, 4.69) is 0 Å². The number of phenolic OH excluding ortho intramolecular Hbond substituents is 1. The Bertz CT molecular complexity index is 303. The van der Waals surface area contributed by atoms with Crippen molar-refractivity contribution in [2.75, 3.05) is 6.61 Å². The molecule has 1 aromatic carbocycles. The maximum Gasteiger partial charge on any atom is 0.126 e. The number of hydrogen-bond acceptors (Lipinski definition) is 2. The first-order chi connectivity index (χ1) is 6.29. The van der Waals surface area contributed by atoms with Crippen molar-refractivity contribution in [3.8, 4) is 5.75 Å². The number of allylic oxidation sites excluding steroid dienone is 1. The summed E-state index contributed by atoms with van der Waals surface area (Å²) >= 11 is 0. The zero-order valence-electron chi connectivity index (χ0n) is 7.95. The highest BCUT2D eigenvalue weighted by molar-refractivity contribution is 5.64. The quantitative estimate of drug-likeness (QED) is 0.721. The molecule has 70 valence electrons. The molecule has 2 nitrogen and oxygen atoms in total. The molecule has 0 spiro atoms. The minimum atomic E-state index is 0.254. The van der Waals surface area contributed by atoms with Gasteiger partial charge in [0, 0.05) is 0 Å². The number of benzene rings is 1. The number of ether oxygens (including phenoxy) is 1. The lowest BCUT2D eigenvalue weighted by Gasteiger charge is -2.09. The Labute approximate surface area is 78.5 Å². The molecule has 0 saturated carbocycles. The molecule has 0 aromatic heterocycles. The predicted octanol–water partition coefficient (Wildman–Crippen LogP) is 2.79. The summed E-state index contributed by atoms with van der Waals surface area (Å²) in [6.45, 7) is 4.41. The Balaban J connectivity index is 2.99. The van der Waals surface area contributed by atoms with Gasteiger partial charge in [0.15, 0.2) is 0 Å². The molecule has 1 N–H and O–H groups in total. The molecule has 0 unspecified atom stereocenters. The third-order valence-electron chi connectivity index (χ3n) is 1.73. The second-order valence-corrected chi connectivity index (χ2v) is 2.60. The average Bonchev–Trinajstić information content (AvgIpc) is 2.16. The van der Waals surface area contributed by atoms with Gasteiger partial charge in [-0.15, -0.1) is 0 Å². The maximum atomic E-state index is 9.52. The molecule has 0 fully saturated rings. The summed E-state index contributed by atoms with van der Waals surface area (Å²) < 4.78 is 5.36. The molecule has 0 aliphatic rings. The van der Waals surface area contributed by atoms with Crippen LogP contribution in [0.25, 0.3) is 5.76 Å². The van der Waals surface area contributed by atoms with E-state index in [0.29, 0.717) is 6.61 Å². The van der Waals surface area contributed by atoms with Crippen molar-refractivity contribution in [2.45, 2.75) is 13.8 Å². The summed E-state index contributed by atoms with van der Waals surface area (Å²) in [6, 6.07) is 7.15. The van der Waals surface area contributed by atoms with Crippen molar-refractivity contribution in [3.05, 3.63) is 35.9 Å². The monoisotopic (exact) mass is 178 g/mol. The highest BCUT2D eigenvalue weighted by Crippen LogP contribution is 2.24. The van der Waals surface area contributed by atoms with Crippen molar-refractivity contribution >= 4 is 5.76 Å². The van der Waals surface area contributed by atoms with Gasteiger partial charge in [0.2, 0.25) is 0 Å². The van der Waals surface area contributed by atoms with Gasteiger partial charge in [0.25, 0.3) is 0 Å². The molecule has 0 aliphatic heterocycles. The molecule has 0 bridgehead atoms. The number of phenols is 1. The standard InChI is InChI=1S/C11H14O2/c1-3-11(13-4-2)9-7-5-6-8-10(9)12/h3,5-8,12H,4H2,1-2H3. The second-order valence-electron chi connectivity index (χ2n) is 2.60. The lowest BCUT2D eigenvalue weighted by atomic mass is 10.1. The summed E-state index contributed by atoms with van der Waals surface area (Å²) in [7, 11) is 0. The molecular weight excluding hydrogens is 164 g/mol. The van der Waals surface area contributed by atoms with Crippen molar-refractivity contribution in [2.24, 2.45) is 0 Å². The van der Waals surface area contributed by atoms with Crippen LogP contribution in [0.3, 0.4) is 0 Å². The fourth-order valence-corrected chi connectivity index (χ4v) is 1.15. The normalized spacial score (nSPS) is 11.4. The van der Waals surface area contributed by atoms with Gasteiger partial charge >= 0.3 is 0 Å². The molecular formula is C11H14O2. The first-order valence-corrected chi connectivity index (χ1v) is 4.37. The summed E-state index contributed by atoms with van der Waals surface area (Å²) in [5.41, 5.74) is 0.742. The lowest BCUT2D eigenvalue weighted by molar-refractivity contribution is 0.295. The van der Waals surface area contributed by atoms with Crippen LogP contribution in [0.4, 0.5) is 0 Å². The zero-order valence-corrected chi connectivity index (χ0v) is 7.95. The Morgan fingerprint density at radius 1 is 1.46 bits per heavy atom. The van der Waals surface area contributed by atoms with Crippen LogP contribution in [-0.4, -0.2) is 11.7 Å². The fourth-order valence-electron chi connectivity index (χ4n) is 1.15. The Morgan fingerprint density at radius 3 is 2.69 bits per heavy atom. The van der Waals surface area contributed by atoms with Gasteiger partial charge in [0.1, 0.15) is 11.5 Å². The van der Waals surface area contributed by atoms with E-state index in [-0.39, 0.29) is 5.75 Å². The van der Waals surface area contributed by atoms with E-state index in [9.17, 15) is 5.11 Å². The van der Waals surface area contributed by atoms with E-state index < -0.39 is 0 Å². The summed E-state index contributed by atoms with van der Waals surface area (Å²) in [6.07, 6.45) is 1.85. The maximum absolute atomic E-state index is 9.52. The molecule has 2 heteroatoms. The third kappa shape index (κ3) is 2.25. The SMILES string of the molecule is CC=C(OCC)c1ccccc1O. The van der Waals surface area contributed by atoms with Crippen LogP contribution in [0.2, 0.25) is 0 Å². The zero-order chi connectivity index (χ0) is 9.68. The average molecular weight is 178 g/mol. The number of para-hydroxylation sites is 1. The van der Waals surface area contributed by atoms with E-state index in [4.69, 9.17) is 4.74 Å². The lowest BCUT2D eigenvalue weighted by Crippen LogP contribution is -1.91. The Morgan fingerprint density at radius 2 is 2.15 bits per heavy atom. The van der Waals surface area contributed by atoms with Crippen LogP contribution < -0.4 is 0 Å². The van der Waals surface area contributed by atoms with Crippen molar-refractivity contribution < 1.29 is 9.84 Å². The molecule has 1 aromatic rings. The van der Waals surface area contributed by atoms with Crippen LogP contribution in [0.15, 0.2) is 30.3 Å². The van der Waals surface area contributed by atoms with Gasteiger partial charge in [-0.25, -0.2) is 0 Å². The predicted molar refractivity (Wildman–Crippen MR) is 53.4 cm³/mol. The molecule has 0 heterocycles. The van der Waals surface area contributed by atoms with Crippen LogP contribution >= 0.6 is 0 Å². The highest BCUT2D eigenvalue weighted by atomic mass is 16.5. The minimum absolute atomic E-state index is 0.254. The van der Waals surface area contributed by atoms with Gasteiger partial charge in [-0.05, 0) is 32.1 Å². The number of rotatable bonds is 3. The highest BCUT2D eigenvalue weighted by Gasteiger charge is 2.05. The van der Waals surface area contributed by atoms with Gasteiger partial charge in [-0.1, -0.05) is 12.1 Å². The van der Waals surface area contributed by atoms with Crippen LogP contribution in [0.5, 0.6) is 5.75 Å². The van der Waals surface area contributed by atoms with E-state index in [0.717, 1.165) is 11.3 Å². The third-order valence-corrected chi connectivity index (χ3v) is 1.73. The largest absolute Gasteiger partial charge is 0.507 e. The molecule has 0 radical (unpaired) electrons. The molecule has 0 aliphatic carbocycles. The van der Waals surface area contributed by atoms with Gasteiger partial charge in [0.05, 0.1) is 12.2 Å². The van der Waals surface area contributed by atoms with E-state index >= 15 is 0 Å². The van der Waals surface area contributed by atoms with Gasteiger partial charge < -0.3 is 9.84 Å². The molecule has 0 saturated heterocycles. The van der Waals surface area contributed by atoms with Gasteiger partial charge in [-0.2, -0.15) is 0 Å². The molecule has 0 atom stereocenters. The Hall–Kier alpha value is -1.44. The van der Waals surface area contributed by atoms with Crippen molar-refractivity contribution in [1.82, 2.24) is 0 Å². The fraction of sp³-hybridized carbons (Fsp3) is 0.273. The smallest absolute Gasteiger partial charge is 0.126 e. The van der Waals surface area contributed by atoms with E-state index in [1.165, 1.54) is 0 Å². The summed E-state index contributed by atoms with van der Waals surface area (Å²) in [4.78, 5) is 0. The minimum Gasteiger partial charge on any atom is -0.507 e. The Kier molecular flexibility index (Phi) is 3.38. The van der Waals surface area contributed by atoms with E-state index in [1.54, 1.807) is 12.1 Å². The summed E-state index contributed by atoms with van der Waals surface area (Å²) in [5, 5.41) is 9.52. The van der Waals surface area contributed by atoms with Crippen LogP contribution in [0.1, 0.15) is 19.4 Å². The van der Waals surface area contributed by atoms with Gasteiger partial charge in [-0.3, -0.25) is 0 Å². The second kappa shape index (κ2) is 4.55. The summed E-state index contributed by atoms with van der Waals surface area (Å²) in [5.74, 6) is 0.977. The topological polar surface area (TPSA) is 29.5 Å². The van der Waals surface area contributed by atoms with Crippen LogP contribution in [-0.2, 0) is 4.74 Å². The number of hydrogen-bond donors (Lipinski definition) is 1. The number of aromatic hydroxyl groups is 1. The first kappa shape index (κ1) is 9.65. The van der Waals surface area contributed by atoms with Crippen LogP contribution in [0, 0.1) is 0 Å². The van der Waals surface area contributed by atoms with Crippen molar-refractivity contribution in [3.63, 3.8) is 0 Å². The first-order valence-electron chi connectivity index (χ1n) is 4.37.